The Hall–Kier alpha value is -0.350. The molecule has 0 aromatic carbocycles. The van der Waals surface area contributed by atoms with Crippen molar-refractivity contribution in [2.45, 2.75) is 18.2 Å². The highest BCUT2D eigenvalue weighted by molar-refractivity contribution is 14.1. The summed E-state index contributed by atoms with van der Waals surface area (Å²) in [6.07, 6.45) is -2.97. The van der Waals surface area contributed by atoms with E-state index in [0.717, 1.165) is 6.07 Å². The molecule has 0 saturated heterocycles. The number of alkyl halides is 2. The fourth-order valence-corrected chi connectivity index (χ4v) is 2.15. The third kappa shape index (κ3) is 2.82. The van der Waals surface area contributed by atoms with E-state index in [-0.39, 0.29) is 0 Å². The lowest BCUT2D eigenvalue weighted by Crippen LogP contribution is -2.16. The summed E-state index contributed by atoms with van der Waals surface area (Å²) in [5.41, 5.74) is -0.309. The molecule has 0 aliphatic heterocycles. The van der Waals surface area contributed by atoms with Crippen molar-refractivity contribution in [1.29, 1.82) is 0 Å². The van der Waals surface area contributed by atoms with Crippen LogP contribution in [-0.2, 0) is 10.0 Å². The Morgan fingerprint density at radius 2 is 2.07 bits per heavy atom. The van der Waals surface area contributed by atoms with E-state index in [9.17, 15) is 17.2 Å². The van der Waals surface area contributed by atoms with Crippen molar-refractivity contribution in [2.75, 3.05) is 0 Å². The molecule has 0 atom stereocenters. The van der Waals surface area contributed by atoms with Gasteiger partial charge >= 0.3 is 0 Å². The standard InChI is InChI=1S/C7H7F2IN2O2S/c1-3-2-4(15(11,13)14)5(6(8)9)12-7(3)10/h2,6H,1H3,(H2,11,13,14). The second-order valence-electron chi connectivity index (χ2n) is 2.83. The van der Waals surface area contributed by atoms with Crippen LogP contribution in [0.2, 0.25) is 0 Å². The molecule has 1 rings (SSSR count). The van der Waals surface area contributed by atoms with Crippen LogP contribution in [0.1, 0.15) is 17.7 Å². The lowest BCUT2D eigenvalue weighted by molar-refractivity contribution is 0.142. The Morgan fingerprint density at radius 3 is 2.47 bits per heavy atom. The topological polar surface area (TPSA) is 73.1 Å². The van der Waals surface area contributed by atoms with Gasteiger partial charge in [-0.3, -0.25) is 0 Å². The van der Waals surface area contributed by atoms with Gasteiger partial charge in [0.05, 0.1) is 0 Å². The predicted molar refractivity (Wildman–Crippen MR) is 58.0 cm³/mol. The minimum Gasteiger partial charge on any atom is -0.239 e. The van der Waals surface area contributed by atoms with Gasteiger partial charge in [-0.1, -0.05) is 0 Å². The quantitative estimate of drug-likeness (QED) is 0.652. The summed E-state index contributed by atoms with van der Waals surface area (Å²) in [7, 11) is -4.16. The van der Waals surface area contributed by atoms with Gasteiger partial charge in [0.2, 0.25) is 10.0 Å². The van der Waals surface area contributed by atoms with E-state index < -0.39 is 27.0 Å². The summed E-state index contributed by atoms with van der Waals surface area (Å²) in [4.78, 5) is 2.90. The zero-order chi connectivity index (χ0) is 11.8. The minimum absolute atomic E-state index is 0.329. The van der Waals surface area contributed by atoms with E-state index >= 15 is 0 Å². The van der Waals surface area contributed by atoms with Gasteiger partial charge in [-0.15, -0.1) is 0 Å². The van der Waals surface area contributed by atoms with Crippen molar-refractivity contribution in [3.63, 3.8) is 0 Å². The Labute approximate surface area is 99.1 Å². The highest BCUT2D eigenvalue weighted by Gasteiger charge is 2.23. The van der Waals surface area contributed by atoms with Gasteiger partial charge in [0.25, 0.3) is 6.43 Å². The van der Waals surface area contributed by atoms with Crippen molar-refractivity contribution in [3.8, 4) is 0 Å². The Balaban J connectivity index is 3.56. The van der Waals surface area contributed by atoms with Crippen LogP contribution in [0, 0.1) is 10.6 Å². The summed E-state index contributed by atoms with van der Waals surface area (Å²) in [6.45, 7) is 1.57. The number of nitrogens with two attached hydrogens (primary N) is 1. The molecule has 1 aromatic rings. The normalized spacial score (nSPS) is 12.1. The molecule has 1 heterocycles. The van der Waals surface area contributed by atoms with Crippen LogP contribution in [0.3, 0.4) is 0 Å². The number of primary sulfonamides is 1. The summed E-state index contributed by atoms with van der Waals surface area (Å²) >= 11 is 1.75. The van der Waals surface area contributed by atoms with Crippen LogP contribution >= 0.6 is 22.6 Å². The first kappa shape index (κ1) is 12.7. The number of halogens is 3. The van der Waals surface area contributed by atoms with Crippen LogP contribution in [0.15, 0.2) is 11.0 Å². The number of aryl methyl sites for hydroxylation is 1. The molecule has 0 radical (unpaired) electrons. The largest absolute Gasteiger partial charge is 0.281 e. The van der Waals surface area contributed by atoms with Crippen molar-refractivity contribution >= 4 is 32.6 Å². The van der Waals surface area contributed by atoms with E-state index in [1.807, 2.05) is 0 Å². The molecule has 15 heavy (non-hydrogen) atoms. The number of nitrogens with zero attached hydrogens (tertiary/aromatic N) is 1. The smallest absolute Gasteiger partial charge is 0.239 e. The third-order valence-corrected chi connectivity index (χ3v) is 3.69. The molecular weight excluding hydrogens is 341 g/mol. The lowest BCUT2D eigenvalue weighted by Gasteiger charge is -2.08. The first-order valence-electron chi connectivity index (χ1n) is 3.71. The molecule has 0 unspecified atom stereocenters. The molecule has 0 aliphatic carbocycles. The minimum atomic E-state index is -4.16. The SMILES string of the molecule is Cc1cc(S(N)(=O)=O)c(C(F)F)nc1I. The average Bonchev–Trinajstić information content (AvgIpc) is 2.06. The number of pyridine rings is 1. The summed E-state index contributed by atoms with van der Waals surface area (Å²) in [6, 6.07) is 1.10. The molecule has 0 amide bonds. The average molecular weight is 348 g/mol. The maximum Gasteiger partial charge on any atom is 0.281 e. The molecular formula is C7H7F2IN2O2S. The van der Waals surface area contributed by atoms with Crippen molar-refractivity contribution in [1.82, 2.24) is 4.98 Å². The number of hydrogen-bond donors (Lipinski definition) is 1. The maximum atomic E-state index is 12.5. The summed E-state index contributed by atoms with van der Waals surface area (Å²) in [5, 5.41) is 4.81. The predicted octanol–water partition coefficient (Wildman–Crippen LogP) is 1.58. The van der Waals surface area contributed by atoms with Gasteiger partial charge in [-0.05, 0) is 41.1 Å². The second-order valence-corrected chi connectivity index (χ2v) is 5.38. The van der Waals surface area contributed by atoms with Gasteiger partial charge in [-0.25, -0.2) is 27.3 Å². The van der Waals surface area contributed by atoms with Crippen LogP contribution < -0.4 is 5.14 Å². The van der Waals surface area contributed by atoms with Gasteiger partial charge in [0, 0.05) is 0 Å². The van der Waals surface area contributed by atoms with Crippen molar-refractivity contribution in [2.24, 2.45) is 5.14 Å². The van der Waals surface area contributed by atoms with Crippen LogP contribution in [0.25, 0.3) is 0 Å². The number of aromatic nitrogens is 1. The summed E-state index contributed by atoms with van der Waals surface area (Å²) < 4.78 is 47.3. The maximum absolute atomic E-state index is 12.5. The van der Waals surface area contributed by atoms with E-state index in [1.165, 1.54) is 0 Å². The molecule has 4 nitrogen and oxygen atoms in total. The fourth-order valence-electron chi connectivity index (χ4n) is 0.963. The monoisotopic (exact) mass is 348 g/mol. The van der Waals surface area contributed by atoms with E-state index in [2.05, 4.69) is 4.98 Å². The fraction of sp³-hybridized carbons (Fsp3) is 0.286. The number of sulfonamides is 1. The Kier molecular flexibility index (Phi) is 3.61. The van der Waals surface area contributed by atoms with Crippen molar-refractivity contribution in [3.05, 3.63) is 21.0 Å². The number of hydrogen-bond acceptors (Lipinski definition) is 3. The van der Waals surface area contributed by atoms with Crippen LogP contribution in [-0.4, -0.2) is 13.4 Å². The van der Waals surface area contributed by atoms with Gasteiger partial charge in [0.1, 0.15) is 14.3 Å². The van der Waals surface area contributed by atoms with E-state index in [1.54, 1.807) is 29.5 Å². The zero-order valence-electron chi connectivity index (χ0n) is 7.54. The molecule has 0 fully saturated rings. The summed E-state index contributed by atoms with van der Waals surface area (Å²) in [5.74, 6) is 0. The van der Waals surface area contributed by atoms with Gasteiger partial charge < -0.3 is 0 Å². The zero-order valence-corrected chi connectivity index (χ0v) is 10.5. The van der Waals surface area contributed by atoms with E-state index in [4.69, 9.17) is 5.14 Å². The lowest BCUT2D eigenvalue weighted by atomic mass is 10.3. The van der Waals surface area contributed by atoms with Crippen LogP contribution in [0.5, 0.6) is 0 Å². The first-order chi connectivity index (χ1) is 6.73. The molecule has 0 aliphatic rings. The molecule has 0 bridgehead atoms. The number of rotatable bonds is 2. The van der Waals surface area contributed by atoms with Crippen molar-refractivity contribution < 1.29 is 17.2 Å². The molecule has 0 spiro atoms. The highest BCUT2D eigenvalue weighted by Crippen LogP contribution is 2.26. The van der Waals surface area contributed by atoms with Crippen LogP contribution in [0.4, 0.5) is 8.78 Å². The second kappa shape index (κ2) is 4.26. The molecule has 8 heteroatoms. The third-order valence-electron chi connectivity index (χ3n) is 1.66. The van der Waals surface area contributed by atoms with Gasteiger partial charge in [0.15, 0.2) is 0 Å². The highest BCUT2D eigenvalue weighted by atomic mass is 127. The molecule has 2 N–H and O–H groups in total. The first-order valence-corrected chi connectivity index (χ1v) is 6.34. The Bertz CT molecular complexity index is 490. The van der Waals surface area contributed by atoms with E-state index in [0.29, 0.717) is 9.26 Å². The Morgan fingerprint density at radius 1 is 1.53 bits per heavy atom. The molecule has 1 aromatic heterocycles. The molecule has 0 saturated carbocycles. The van der Waals surface area contributed by atoms with Gasteiger partial charge in [-0.2, -0.15) is 0 Å². The molecule has 84 valence electrons.